The normalized spacial score (nSPS) is 19.9. The van der Waals surface area contributed by atoms with Crippen LogP contribution >= 0.6 is 0 Å². The van der Waals surface area contributed by atoms with Gasteiger partial charge in [0.05, 0.1) is 5.84 Å². The van der Waals surface area contributed by atoms with E-state index in [4.69, 9.17) is 11.1 Å². The number of anilines is 1. The van der Waals surface area contributed by atoms with E-state index in [-0.39, 0.29) is 0 Å². The third-order valence-electron chi connectivity index (χ3n) is 4.50. The van der Waals surface area contributed by atoms with E-state index in [1.54, 1.807) is 0 Å². The van der Waals surface area contributed by atoms with Crippen LogP contribution in [0.2, 0.25) is 0 Å². The lowest BCUT2D eigenvalue weighted by Crippen LogP contribution is -2.36. The Morgan fingerprint density at radius 2 is 2.21 bits per heavy atom. The molecule has 1 aromatic rings. The van der Waals surface area contributed by atoms with Gasteiger partial charge in [0.15, 0.2) is 0 Å². The number of amidine groups is 1. The summed E-state index contributed by atoms with van der Waals surface area (Å²) in [4.78, 5) is 2.52. The molecule has 0 bridgehead atoms. The molecule has 0 unspecified atom stereocenters. The van der Waals surface area contributed by atoms with Crippen LogP contribution in [-0.4, -0.2) is 18.9 Å². The van der Waals surface area contributed by atoms with Crippen molar-refractivity contribution >= 4 is 11.5 Å². The molecule has 1 aliphatic carbocycles. The Balaban J connectivity index is 1.79. The molecule has 0 saturated heterocycles. The molecule has 3 nitrogen and oxygen atoms in total. The first kappa shape index (κ1) is 12.5. The second kappa shape index (κ2) is 4.55. The number of hydrogen-bond donors (Lipinski definition) is 2. The van der Waals surface area contributed by atoms with Gasteiger partial charge in [0.25, 0.3) is 0 Å². The summed E-state index contributed by atoms with van der Waals surface area (Å²) in [6.07, 6.45) is 5.67. The van der Waals surface area contributed by atoms with Crippen molar-refractivity contribution in [1.29, 1.82) is 5.41 Å². The summed E-state index contributed by atoms with van der Waals surface area (Å²) < 4.78 is 0. The molecule has 1 fully saturated rings. The summed E-state index contributed by atoms with van der Waals surface area (Å²) in [5.74, 6) is 0.346. The quantitative estimate of drug-likeness (QED) is 0.643. The van der Waals surface area contributed by atoms with Crippen LogP contribution in [0.25, 0.3) is 0 Å². The summed E-state index contributed by atoms with van der Waals surface area (Å²) in [5, 5.41) is 7.54. The lowest BCUT2D eigenvalue weighted by atomic mass is 9.95. The van der Waals surface area contributed by atoms with Gasteiger partial charge in [0.1, 0.15) is 0 Å². The van der Waals surface area contributed by atoms with Crippen molar-refractivity contribution in [3.63, 3.8) is 0 Å². The standard InChI is InChI=1S/C16H23N3/c1-12-4-5-14-13(9-12)3-2-8-19(14)11-16(6-7-16)10-15(17)18/h4-5,9H,2-3,6-8,10-11H2,1H3,(H3,17,18). The van der Waals surface area contributed by atoms with Gasteiger partial charge in [-0.25, -0.2) is 0 Å². The van der Waals surface area contributed by atoms with Crippen molar-refractivity contribution in [1.82, 2.24) is 0 Å². The van der Waals surface area contributed by atoms with E-state index in [0.29, 0.717) is 11.3 Å². The molecule has 0 atom stereocenters. The number of nitrogens with two attached hydrogens (primary N) is 1. The molecular weight excluding hydrogens is 234 g/mol. The van der Waals surface area contributed by atoms with E-state index >= 15 is 0 Å². The first-order valence-electron chi connectivity index (χ1n) is 7.25. The number of aryl methyl sites for hydroxylation is 2. The summed E-state index contributed by atoms with van der Waals surface area (Å²) in [6.45, 7) is 4.38. The predicted octanol–water partition coefficient (Wildman–Crippen LogP) is 2.85. The van der Waals surface area contributed by atoms with Crippen LogP contribution in [0.15, 0.2) is 18.2 Å². The molecule has 3 rings (SSSR count). The number of rotatable bonds is 4. The Morgan fingerprint density at radius 1 is 1.42 bits per heavy atom. The minimum absolute atomic E-state index is 0.297. The first-order valence-corrected chi connectivity index (χ1v) is 7.25. The summed E-state index contributed by atoms with van der Waals surface area (Å²) in [6, 6.07) is 6.81. The second-order valence-electron chi connectivity index (χ2n) is 6.36. The van der Waals surface area contributed by atoms with Crippen molar-refractivity contribution in [3.8, 4) is 0 Å². The minimum Gasteiger partial charge on any atom is -0.388 e. The van der Waals surface area contributed by atoms with Crippen molar-refractivity contribution in [2.45, 2.75) is 39.0 Å². The van der Waals surface area contributed by atoms with Gasteiger partial charge in [0, 0.05) is 25.2 Å². The Bertz CT molecular complexity index is 503. The van der Waals surface area contributed by atoms with E-state index in [2.05, 4.69) is 30.0 Å². The molecule has 0 aromatic heterocycles. The maximum Gasteiger partial charge on any atom is 0.0911 e. The van der Waals surface area contributed by atoms with Gasteiger partial charge in [-0.15, -0.1) is 0 Å². The SMILES string of the molecule is Cc1ccc2c(c1)CCCN2CC1(CC(=N)N)CC1. The minimum atomic E-state index is 0.297. The molecule has 0 amide bonds. The molecule has 3 N–H and O–H groups in total. The number of nitrogens with zero attached hydrogens (tertiary/aromatic N) is 1. The molecule has 1 heterocycles. The largest absolute Gasteiger partial charge is 0.388 e. The molecule has 102 valence electrons. The maximum absolute atomic E-state index is 7.54. The topological polar surface area (TPSA) is 53.1 Å². The molecule has 19 heavy (non-hydrogen) atoms. The molecular formula is C16H23N3. The molecule has 1 saturated carbocycles. The van der Waals surface area contributed by atoms with Crippen LogP contribution in [-0.2, 0) is 6.42 Å². The van der Waals surface area contributed by atoms with Gasteiger partial charge >= 0.3 is 0 Å². The van der Waals surface area contributed by atoms with Crippen LogP contribution in [0.1, 0.15) is 36.8 Å². The van der Waals surface area contributed by atoms with Gasteiger partial charge in [-0.1, -0.05) is 17.7 Å². The van der Waals surface area contributed by atoms with Crippen LogP contribution in [0.4, 0.5) is 5.69 Å². The second-order valence-corrected chi connectivity index (χ2v) is 6.36. The summed E-state index contributed by atoms with van der Waals surface area (Å²) in [7, 11) is 0. The number of nitrogens with one attached hydrogen (secondary N) is 1. The lowest BCUT2D eigenvalue weighted by molar-refractivity contribution is 0.502. The third-order valence-corrected chi connectivity index (χ3v) is 4.50. The Hall–Kier alpha value is -1.51. The zero-order chi connectivity index (χ0) is 13.5. The van der Waals surface area contributed by atoms with Crippen LogP contribution < -0.4 is 10.6 Å². The number of benzene rings is 1. The highest BCUT2D eigenvalue weighted by Gasteiger charge is 2.44. The van der Waals surface area contributed by atoms with Gasteiger partial charge in [-0.2, -0.15) is 0 Å². The fourth-order valence-electron chi connectivity index (χ4n) is 3.34. The van der Waals surface area contributed by atoms with Crippen LogP contribution in [0.3, 0.4) is 0 Å². The van der Waals surface area contributed by atoms with Crippen molar-refractivity contribution < 1.29 is 0 Å². The molecule has 2 aliphatic rings. The van der Waals surface area contributed by atoms with Crippen LogP contribution in [0, 0.1) is 17.7 Å². The van der Waals surface area contributed by atoms with Gasteiger partial charge in [-0.3, -0.25) is 5.41 Å². The van der Waals surface area contributed by atoms with Gasteiger partial charge < -0.3 is 10.6 Å². The van der Waals surface area contributed by atoms with Crippen molar-refractivity contribution in [2.24, 2.45) is 11.1 Å². The number of hydrogen-bond acceptors (Lipinski definition) is 2. The smallest absolute Gasteiger partial charge is 0.0911 e. The third kappa shape index (κ3) is 2.60. The average Bonchev–Trinajstić information content (AvgIpc) is 3.07. The Kier molecular flexibility index (Phi) is 3.00. The lowest BCUT2D eigenvalue weighted by Gasteiger charge is -2.34. The zero-order valence-electron chi connectivity index (χ0n) is 11.7. The Morgan fingerprint density at radius 3 is 2.89 bits per heavy atom. The van der Waals surface area contributed by atoms with E-state index < -0.39 is 0 Å². The molecule has 0 spiro atoms. The van der Waals surface area contributed by atoms with Gasteiger partial charge in [0.2, 0.25) is 0 Å². The molecule has 3 heteroatoms. The summed E-state index contributed by atoms with van der Waals surface area (Å²) in [5.41, 5.74) is 10.2. The monoisotopic (exact) mass is 257 g/mol. The highest BCUT2D eigenvalue weighted by molar-refractivity contribution is 5.78. The fraction of sp³-hybridized carbons (Fsp3) is 0.562. The average molecular weight is 257 g/mol. The number of fused-ring (bicyclic) bond motifs is 1. The van der Waals surface area contributed by atoms with E-state index in [1.165, 1.54) is 42.5 Å². The van der Waals surface area contributed by atoms with Crippen molar-refractivity contribution in [2.75, 3.05) is 18.0 Å². The molecule has 1 aromatic carbocycles. The van der Waals surface area contributed by atoms with Crippen LogP contribution in [0.5, 0.6) is 0 Å². The van der Waals surface area contributed by atoms with Crippen molar-refractivity contribution in [3.05, 3.63) is 29.3 Å². The zero-order valence-corrected chi connectivity index (χ0v) is 11.7. The van der Waals surface area contributed by atoms with E-state index in [0.717, 1.165) is 19.5 Å². The molecule has 1 aliphatic heterocycles. The summed E-state index contributed by atoms with van der Waals surface area (Å²) >= 11 is 0. The molecule has 0 radical (unpaired) electrons. The fourth-order valence-corrected chi connectivity index (χ4v) is 3.34. The highest BCUT2D eigenvalue weighted by atomic mass is 15.1. The highest BCUT2D eigenvalue weighted by Crippen LogP contribution is 2.50. The van der Waals surface area contributed by atoms with E-state index in [1.807, 2.05) is 0 Å². The Labute approximate surface area is 115 Å². The predicted molar refractivity (Wildman–Crippen MR) is 79.9 cm³/mol. The maximum atomic E-state index is 7.54. The van der Waals surface area contributed by atoms with E-state index in [9.17, 15) is 0 Å². The van der Waals surface area contributed by atoms with Gasteiger partial charge in [-0.05, 0) is 49.7 Å². The first-order chi connectivity index (χ1) is 9.08.